The molecule has 35 heavy (non-hydrogen) atoms. The number of carbonyl (C=O) groups excluding carboxylic acids is 3. The highest BCUT2D eigenvalue weighted by molar-refractivity contribution is 7.89. The Bertz CT molecular complexity index is 974. The van der Waals surface area contributed by atoms with Crippen molar-refractivity contribution in [3.05, 3.63) is 35.9 Å². The van der Waals surface area contributed by atoms with Crippen LogP contribution in [0, 0.1) is 5.41 Å². The van der Waals surface area contributed by atoms with Crippen LogP contribution in [0.3, 0.4) is 0 Å². The summed E-state index contributed by atoms with van der Waals surface area (Å²) in [5.41, 5.74) is 6.02. The van der Waals surface area contributed by atoms with Crippen molar-refractivity contribution in [1.82, 2.24) is 20.3 Å². The van der Waals surface area contributed by atoms with Crippen molar-refractivity contribution >= 4 is 34.1 Å². The molecule has 0 radical (unpaired) electrons. The molecule has 1 aliphatic heterocycles. The van der Waals surface area contributed by atoms with E-state index in [0.717, 1.165) is 5.56 Å². The number of nitrogens with zero attached hydrogens (tertiary/aromatic N) is 1. The predicted octanol–water partition coefficient (Wildman–Crippen LogP) is -1.55. The van der Waals surface area contributed by atoms with E-state index in [4.69, 9.17) is 11.1 Å². The number of aliphatic hydroxyl groups excluding tert-OH is 1. The lowest BCUT2D eigenvalue weighted by molar-refractivity contribution is -0.140. The van der Waals surface area contributed by atoms with Gasteiger partial charge in [-0.3, -0.25) is 15.0 Å². The summed E-state index contributed by atoms with van der Waals surface area (Å²) in [5.74, 6) is -1.66. The van der Waals surface area contributed by atoms with E-state index >= 15 is 0 Å². The molecular formula is C22H34N6O6S. The molecule has 194 valence electrons. The molecule has 2 unspecified atom stereocenters. The SMILES string of the molecule is N=C(N)NCCCC(C=O)NC(=O)C1CCCN1C(=O)[C@@H](CO)NS(=O)(=O)CCc1ccccc1. The van der Waals surface area contributed by atoms with Crippen LogP contribution in [-0.4, -0.2) is 86.1 Å². The number of rotatable bonds is 14. The maximum atomic E-state index is 13.0. The van der Waals surface area contributed by atoms with Gasteiger partial charge in [0.1, 0.15) is 18.4 Å². The summed E-state index contributed by atoms with van der Waals surface area (Å²) in [5, 5.41) is 22.1. The summed E-state index contributed by atoms with van der Waals surface area (Å²) < 4.78 is 27.3. The topological polar surface area (TPSA) is 195 Å². The number of nitrogens with two attached hydrogens (primary N) is 1. The second-order valence-electron chi connectivity index (χ2n) is 8.33. The van der Waals surface area contributed by atoms with Crippen LogP contribution >= 0.6 is 0 Å². The first-order chi connectivity index (χ1) is 16.7. The highest BCUT2D eigenvalue weighted by Crippen LogP contribution is 2.19. The van der Waals surface area contributed by atoms with E-state index < -0.39 is 46.6 Å². The van der Waals surface area contributed by atoms with Gasteiger partial charge in [-0.2, -0.15) is 0 Å². The van der Waals surface area contributed by atoms with E-state index in [1.165, 1.54) is 4.90 Å². The zero-order valence-electron chi connectivity index (χ0n) is 19.5. The Kier molecular flexibility index (Phi) is 11.1. The molecule has 1 aromatic carbocycles. The second-order valence-corrected chi connectivity index (χ2v) is 10.2. The van der Waals surface area contributed by atoms with Crippen LogP contribution < -0.4 is 21.1 Å². The average Bonchev–Trinajstić information content (AvgIpc) is 3.33. The lowest BCUT2D eigenvalue weighted by Crippen LogP contribution is -2.56. The van der Waals surface area contributed by atoms with Crippen LogP contribution in [0.15, 0.2) is 30.3 Å². The summed E-state index contributed by atoms with van der Waals surface area (Å²) in [6, 6.07) is 5.94. The number of amides is 2. The van der Waals surface area contributed by atoms with E-state index in [0.29, 0.717) is 38.5 Å². The fraction of sp³-hybridized carbons (Fsp3) is 0.545. The van der Waals surface area contributed by atoms with Crippen molar-refractivity contribution in [2.24, 2.45) is 5.73 Å². The Labute approximate surface area is 205 Å². The molecule has 1 heterocycles. The minimum atomic E-state index is -3.88. The predicted molar refractivity (Wildman–Crippen MR) is 130 cm³/mol. The number of benzene rings is 1. The van der Waals surface area contributed by atoms with E-state index in [1.807, 2.05) is 6.07 Å². The van der Waals surface area contributed by atoms with Gasteiger partial charge in [0.15, 0.2) is 5.96 Å². The molecule has 0 spiro atoms. The van der Waals surface area contributed by atoms with Gasteiger partial charge in [0.05, 0.1) is 18.4 Å². The molecule has 2 amide bonds. The molecule has 12 nitrogen and oxygen atoms in total. The van der Waals surface area contributed by atoms with Crippen LogP contribution in [-0.2, 0) is 30.8 Å². The highest BCUT2D eigenvalue weighted by Gasteiger charge is 2.38. The minimum absolute atomic E-state index is 0.189. The Morgan fingerprint density at radius 2 is 2.00 bits per heavy atom. The van der Waals surface area contributed by atoms with Gasteiger partial charge in [0.2, 0.25) is 21.8 Å². The molecule has 13 heteroatoms. The van der Waals surface area contributed by atoms with Gasteiger partial charge in [-0.1, -0.05) is 30.3 Å². The van der Waals surface area contributed by atoms with Crippen molar-refractivity contribution in [2.45, 2.75) is 50.2 Å². The van der Waals surface area contributed by atoms with Crippen molar-refractivity contribution in [3.8, 4) is 0 Å². The first kappa shape index (κ1) is 28.2. The van der Waals surface area contributed by atoms with Crippen molar-refractivity contribution in [1.29, 1.82) is 5.41 Å². The number of aldehydes is 1. The van der Waals surface area contributed by atoms with Crippen molar-refractivity contribution in [3.63, 3.8) is 0 Å². The Balaban J connectivity index is 1.94. The van der Waals surface area contributed by atoms with E-state index in [1.54, 1.807) is 24.3 Å². The number of hydrogen-bond acceptors (Lipinski definition) is 7. The maximum absolute atomic E-state index is 13.0. The Hall–Kier alpha value is -3.03. The Morgan fingerprint density at radius 3 is 2.63 bits per heavy atom. The van der Waals surface area contributed by atoms with Gasteiger partial charge >= 0.3 is 0 Å². The fourth-order valence-corrected chi connectivity index (χ4v) is 5.07. The van der Waals surface area contributed by atoms with Gasteiger partial charge in [0, 0.05) is 13.1 Å². The monoisotopic (exact) mass is 510 g/mol. The summed E-state index contributed by atoms with van der Waals surface area (Å²) in [6.45, 7) is -0.159. The molecular weight excluding hydrogens is 476 g/mol. The standard InChI is InChI=1S/C22H34N6O6S/c23-22(24)25-11-4-8-17(14-29)26-20(31)19-9-5-12-28(19)21(32)18(15-30)27-35(33,34)13-10-16-6-2-1-3-7-16/h1-3,6-7,14,17-19,27,30H,4-5,8-13,15H2,(H,26,31)(H4,23,24,25)/t17?,18-,19?/m1/s1. The number of sulfonamides is 1. The second kappa shape index (κ2) is 13.8. The van der Waals surface area contributed by atoms with Gasteiger partial charge in [-0.05, 0) is 37.7 Å². The molecule has 2 rings (SSSR count). The lowest BCUT2D eigenvalue weighted by Gasteiger charge is -2.28. The fourth-order valence-electron chi connectivity index (χ4n) is 3.84. The molecule has 1 saturated heterocycles. The number of aryl methyl sites for hydroxylation is 1. The molecule has 1 fully saturated rings. The molecule has 7 N–H and O–H groups in total. The average molecular weight is 511 g/mol. The quantitative estimate of drug-likeness (QED) is 0.0748. The van der Waals surface area contributed by atoms with Crippen LogP contribution in [0.2, 0.25) is 0 Å². The third kappa shape index (κ3) is 9.26. The normalized spacial score (nSPS) is 17.4. The third-order valence-corrected chi connectivity index (χ3v) is 7.03. The van der Waals surface area contributed by atoms with Crippen LogP contribution in [0.25, 0.3) is 0 Å². The molecule has 3 atom stereocenters. The zero-order chi connectivity index (χ0) is 25.8. The number of likely N-dealkylation sites (tertiary alicyclic amines) is 1. The van der Waals surface area contributed by atoms with E-state index in [9.17, 15) is 27.9 Å². The number of aliphatic hydroxyl groups is 1. The zero-order valence-corrected chi connectivity index (χ0v) is 20.3. The van der Waals surface area contributed by atoms with Crippen LogP contribution in [0.5, 0.6) is 0 Å². The first-order valence-corrected chi connectivity index (χ1v) is 13.1. The van der Waals surface area contributed by atoms with Crippen molar-refractivity contribution < 1.29 is 27.9 Å². The molecule has 1 aliphatic rings. The maximum Gasteiger partial charge on any atom is 0.243 e. The van der Waals surface area contributed by atoms with Gasteiger partial charge in [-0.25, -0.2) is 13.1 Å². The molecule has 0 bridgehead atoms. The Morgan fingerprint density at radius 1 is 1.29 bits per heavy atom. The number of hydrogen-bond donors (Lipinski definition) is 6. The molecule has 1 aromatic rings. The van der Waals surface area contributed by atoms with Crippen LogP contribution in [0.1, 0.15) is 31.2 Å². The largest absolute Gasteiger partial charge is 0.394 e. The van der Waals surface area contributed by atoms with E-state index in [-0.39, 0.29) is 24.7 Å². The lowest BCUT2D eigenvalue weighted by atomic mass is 10.1. The summed E-state index contributed by atoms with van der Waals surface area (Å²) in [7, 11) is -3.88. The number of nitrogens with one attached hydrogen (secondary N) is 4. The van der Waals surface area contributed by atoms with Gasteiger partial charge < -0.3 is 31.2 Å². The van der Waals surface area contributed by atoms with Gasteiger partial charge in [-0.15, -0.1) is 0 Å². The smallest absolute Gasteiger partial charge is 0.243 e. The molecule has 0 aliphatic carbocycles. The summed E-state index contributed by atoms with van der Waals surface area (Å²) >= 11 is 0. The third-order valence-electron chi connectivity index (χ3n) is 5.64. The minimum Gasteiger partial charge on any atom is -0.394 e. The molecule has 0 saturated carbocycles. The first-order valence-electron chi connectivity index (χ1n) is 11.5. The van der Waals surface area contributed by atoms with Crippen molar-refractivity contribution in [2.75, 3.05) is 25.4 Å². The number of guanidine groups is 1. The summed E-state index contributed by atoms with van der Waals surface area (Å²) in [6.07, 6.45) is 2.52. The summed E-state index contributed by atoms with van der Waals surface area (Å²) in [4.78, 5) is 38.4. The van der Waals surface area contributed by atoms with Gasteiger partial charge in [0.25, 0.3) is 0 Å². The number of carbonyl (C=O) groups is 3. The highest BCUT2D eigenvalue weighted by atomic mass is 32.2. The van der Waals surface area contributed by atoms with Crippen LogP contribution in [0.4, 0.5) is 0 Å². The molecule has 0 aromatic heterocycles. The van der Waals surface area contributed by atoms with E-state index in [2.05, 4.69) is 15.4 Å².